The SMILES string of the molecule is CCN(CC)S(=O)(=O)c1cccc(C(=O)NNC(=O)CC(NC(N)=O)c2ccc(Cl)cc2)c1. The molecule has 0 spiro atoms. The van der Waals surface area contributed by atoms with Crippen molar-refractivity contribution in [3.05, 3.63) is 64.7 Å². The summed E-state index contributed by atoms with van der Waals surface area (Å²) in [6.07, 6.45) is -0.221. The molecule has 4 amide bonds. The third-order valence-corrected chi connectivity index (χ3v) is 7.03. The van der Waals surface area contributed by atoms with E-state index >= 15 is 0 Å². The van der Waals surface area contributed by atoms with Crippen LogP contribution >= 0.6 is 11.6 Å². The number of hydrogen-bond donors (Lipinski definition) is 4. The lowest BCUT2D eigenvalue weighted by molar-refractivity contribution is -0.122. The van der Waals surface area contributed by atoms with Crippen LogP contribution in [0.4, 0.5) is 4.79 Å². The number of amides is 4. The van der Waals surface area contributed by atoms with Gasteiger partial charge in [-0.05, 0) is 35.9 Å². The molecule has 2 aromatic rings. The predicted molar refractivity (Wildman–Crippen MR) is 124 cm³/mol. The molecule has 0 heterocycles. The van der Waals surface area contributed by atoms with Crippen molar-refractivity contribution in [3.8, 4) is 0 Å². The number of hydrazine groups is 1. The summed E-state index contributed by atoms with van der Waals surface area (Å²) in [5, 5.41) is 2.95. The lowest BCUT2D eigenvalue weighted by Gasteiger charge is -2.19. The molecule has 12 heteroatoms. The third-order valence-electron chi connectivity index (χ3n) is 4.73. The summed E-state index contributed by atoms with van der Waals surface area (Å²) in [5.41, 5.74) is 10.3. The number of carbonyl (C=O) groups is 3. The number of benzene rings is 2. The van der Waals surface area contributed by atoms with Gasteiger partial charge in [0.25, 0.3) is 5.91 Å². The first-order valence-electron chi connectivity index (χ1n) is 10.1. The van der Waals surface area contributed by atoms with Gasteiger partial charge in [-0.3, -0.25) is 20.4 Å². The normalized spacial score (nSPS) is 12.1. The number of hydrogen-bond acceptors (Lipinski definition) is 5. The summed E-state index contributed by atoms with van der Waals surface area (Å²) in [6, 6.07) is 10.4. The minimum atomic E-state index is -3.75. The Morgan fingerprint density at radius 2 is 1.67 bits per heavy atom. The van der Waals surface area contributed by atoms with Gasteiger partial charge in [0.1, 0.15) is 0 Å². The van der Waals surface area contributed by atoms with Gasteiger partial charge in [-0.1, -0.05) is 43.6 Å². The molecule has 178 valence electrons. The summed E-state index contributed by atoms with van der Waals surface area (Å²) in [5.74, 6) is -1.31. The summed E-state index contributed by atoms with van der Waals surface area (Å²) in [6.45, 7) is 4.02. The molecule has 0 aliphatic rings. The van der Waals surface area contributed by atoms with Crippen molar-refractivity contribution in [2.24, 2.45) is 5.73 Å². The second-order valence-corrected chi connectivity index (χ2v) is 9.31. The second kappa shape index (κ2) is 11.6. The molecule has 0 saturated carbocycles. The highest BCUT2D eigenvalue weighted by molar-refractivity contribution is 7.89. The van der Waals surface area contributed by atoms with Gasteiger partial charge in [0.15, 0.2) is 0 Å². The Bertz CT molecular complexity index is 1100. The van der Waals surface area contributed by atoms with Gasteiger partial charge in [-0.25, -0.2) is 13.2 Å². The molecule has 0 fully saturated rings. The minimum Gasteiger partial charge on any atom is -0.352 e. The Labute approximate surface area is 197 Å². The van der Waals surface area contributed by atoms with Crippen LogP contribution in [-0.4, -0.2) is 43.7 Å². The van der Waals surface area contributed by atoms with E-state index in [0.29, 0.717) is 23.7 Å². The van der Waals surface area contributed by atoms with Crippen LogP contribution in [0, 0.1) is 0 Å². The Balaban J connectivity index is 2.06. The molecule has 0 saturated heterocycles. The average Bonchev–Trinajstić information content (AvgIpc) is 2.78. The number of nitrogens with one attached hydrogen (secondary N) is 3. The molecule has 0 aliphatic carbocycles. The number of nitrogens with two attached hydrogens (primary N) is 1. The fourth-order valence-corrected chi connectivity index (χ4v) is 4.69. The van der Waals surface area contributed by atoms with Gasteiger partial charge >= 0.3 is 6.03 Å². The van der Waals surface area contributed by atoms with E-state index in [2.05, 4.69) is 16.2 Å². The molecule has 10 nitrogen and oxygen atoms in total. The minimum absolute atomic E-state index is 0.0290. The molecule has 0 radical (unpaired) electrons. The molecule has 0 bridgehead atoms. The third kappa shape index (κ3) is 7.17. The lowest BCUT2D eigenvalue weighted by atomic mass is 10.0. The number of carbonyl (C=O) groups excluding carboxylic acids is 3. The van der Waals surface area contributed by atoms with E-state index in [1.54, 1.807) is 38.1 Å². The molecule has 1 atom stereocenters. The summed E-state index contributed by atoms with van der Waals surface area (Å²) in [7, 11) is -3.75. The largest absolute Gasteiger partial charge is 0.352 e. The first-order chi connectivity index (χ1) is 15.6. The summed E-state index contributed by atoms with van der Waals surface area (Å²) in [4.78, 5) is 36.1. The van der Waals surface area contributed by atoms with Gasteiger partial charge in [0.05, 0.1) is 17.4 Å². The Hall–Kier alpha value is -3.15. The Morgan fingerprint density at radius 1 is 1.03 bits per heavy atom. The molecule has 1 unspecified atom stereocenters. The molecule has 0 aromatic heterocycles. The van der Waals surface area contributed by atoms with E-state index < -0.39 is 33.9 Å². The maximum Gasteiger partial charge on any atom is 0.312 e. The zero-order valence-electron chi connectivity index (χ0n) is 18.2. The number of sulfonamides is 1. The van der Waals surface area contributed by atoms with E-state index in [9.17, 15) is 22.8 Å². The van der Waals surface area contributed by atoms with Gasteiger partial charge in [0.2, 0.25) is 15.9 Å². The van der Waals surface area contributed by atoms with Crippen molar-refractivity contribution in [2.75, 3.05) is 13.1 Å². The summed E-state index contributed by atoms with van der Waals surface area (Å²) >= 11 is 5.86. The van der Waals surface area contributed by atoms with E-state index in [0.717, 1.165) is 0 Å². The number of urea groups is 1. The Kier molecular flexibility index (Phi) is 9.21. The van der Waals surface area contributed by atoms with Crippen LogP contribution in [0.5, 0.6) is 0 Å². The fourth-order valence-electron chi connectivity index (χ4n) is 3.06. The smallest absolute Gasteiger partial charge is 0.312 e. The van der Waals surface area contributed by atoms with E-state index in [4.69, 9.17) is 17.3 Å². The van der Waals surface area contributed by atoms with Crippen molar-refractivity contribution < 1.29 is 22.8 Å². The monoisotopic (exact) mass is 495 g/mol. The van der Waals surface area contributed by atoms with Gasteiger partial charge < -0.3 is 11.1 Å². The number of primary amides is 1. The average molecular weight is 496 g/mol. The summed E-state index contributed by atoms with van der Waals surface area (Å²) < 4.78 is 26.6. The zero-order chi connectivity index (χ0) is 24.6. The molecular weight excluding hydrogens is 470 g/mol. The van der Waals surface area contributed by atoms with Gasteiger partial charge in [0, 0.05) is 23.7 Å². The quantitative estimate of drug-likeness (QED) is 0.392. The standard InChI is InChI=1S/C21H26ClN5O5S/c1-3-27(4-2)33(31,32)17-7-5-6-15(12-17)20(29)26-25-19(28)13-18(24-21(23)30)14-8-10-16(22)11-9-14/h5-12,18H,3-4,13H2,1-2H3,(H,25,28)(H,26,29)(H3,23,24,30). The lowest BCUT2D eigenvalue weighted by Crippen LogP contribution is -2.44. The highest BCUT2D eigenvalue weighted by Gasteiger charge is 2.23. The highest BCUT2D eigenvalue weighted by Crippen LogP contribution is 2.20. The predicted octanol–water partition coefficient (Wildman–Crippen LogP) is 1.93. The zero-order valence-corrected chi connectivity index (χ0v) is 19.7. The van der Waals surface area contributed by atoms with Crippen molar-refractivity contribution in [1.82, 2.24) is 20.5 Å². The number of halogens is 1. The van der Waals surface area contributed by atoms with Crippen LogP contribution in [-0.2, 0) is 14.8 Å². The van der Waals surface area contributed by atoms with Crippen LogP contribution in [0.1, 0.15) is 42.2 Å². The molecule has 2 rings (SSSR count). The van der Waals surface area contributed by atoms with Crippen LogP contribution in [0.2, 0.25) is 5.02 Å². The van der Waals surface area contributed by atoms with Crippen molar-refractivity contribution in [2.45, 2.75) is 31.2 Å². The maximum atomic E-state index is 12.7. The van der Waals surface area contributed by atoms with E-state index in [-0.39, 0.29) is 16.9 Å². The van der Waals surface area contributed by atoms with Gasteiger partial charge in [-0.15, -0.1) is 0 Å². The first kappa shape index (κ1) is 26.1. The van der Waals surface area contributed by atoms with Crippen molar-refractivity contribution >= 4 is 39.5 Å². The second-order valence-electron chi connectivity index (χ2n) is 6.94. The van der Waals surface area contributed by atoms with Crippen molar-refractivity contribution in [1.29, 1.82) is 0 Å². The van der Waals surface area contributed by atoms with E-state index in [1.165, 1.54) is 28.6 Å². The van der Waals surface area contributed by atoms with Crippen LogP contribution in [0.3, 0.4) is 0 Å². The molecule has 2 aromatic carbocycles. The maximum absolute atomic E-state index is 12.7. The van der Waals surface area contributed by atoms with Crippen LogP contribution in [0.15, 0.2) is 53.4 Å². The molecule has 0 aliphatic heterocycles. The molecular formula is C21H26ClN5O5S. The van der Waals surface area contributed by atoms with Crippen molar-refractivity contribution in [3.63, 3.8) is 0 Å². The first-order valence-corrected chi connectivity index (χ1v) is 11.9. The molecule has 5 N–H and O–H groups in total. The topological polar surface area (TPSA) is 151 Å². The Morgan fingerprint density at radius 3 is 2.24 bits per heavy atom. The number of rotatable bonds is 9. The van der Waals surface area contributed by atoms with E-state index in [1.807, 2.05) is 0 Å². The highest BCUT2D eigenvalue weighted by atomic mass is 35.5. The van der Waals surface area contributed by atoms with Crippen LogP contribution < -0.4 is 21.9 Å². The molecule has 33 heavy (non-hydrogen) atoms. The number of nitrogens with zero attached hydrogens (tertiary/aromatic N) is 1. The van der Waals surface area contributed by atoms with Gasteiger partial charge in [-0.2, -0.15) is 4.31 Å². The van der Waals surface area contributed by atoms with Crippen LogP contribution in [0.25, 0.3) is 0 Å². The fraction of sp³-hybridized carbons (Fsp3) is 0.286.